The van der Waals surface area contributed by atoms with Gasteiger partial charge in [-0.25, -0.2) is 0 Å². The second-order valence-electron chi connectivity index (χ2n) is 4.31. The Hall–Kier alpha value is -0.970. The first kappa shape index (κ1) is 16.1. The number of carbonyl (C=O) groups is 1. The summed E-state index contributed by atoms with van der Waals surface area (Å²) in [5.74, 6) is 0.446. The maximum Gasteiger partial charge on any atom is 0.258 e. The molecule has 1 aliphatic heterocycles. The number of ether oxygens (including phenoxy) is 1. The number of halogens is 2. The van der Waals surface area contributed by atoms with E-state index in [0.29, 0.717) is 10.8 Å². The Kier molecular flexibility index (Phi) is 6.99. The van der Waals surface area contributed by atoms with Crippen LogP contribution >= 0.6 is 24.0 Å². The Bertz CT molecular complexity index is 409. The monoisotopic (exact) mass is 304 g/mol. The molecule has 106 valence electrons. The normalized spacial score (nSPS) is 15.4. The van der Waals surface area contributed by atoms with Gasteiger partial charge in [0, 0.05) is 6.04 Å². The summed E-state index contributed by atoms with van der Waals surface area (Å²) >= 11 is 5.93. The zero-order chi connectivity index (χ0) is 12.8. The number of benzene rings is 1. The molecule has 1 aliphatic rings. The Morgan fingerprint density at radius 1 is 1.37 bits per heavy atom. The zero-order valence-electron chi connectivity index (χ0n) is 10.5. The number of nitrogens with one attached hydrogen (secondary N) is 2. The van der Waals surface area contributed by atoms with E-state index in [4.69, 9.17) is 16.3 Å². The van der Waals surface area contributed by atoms with Crippen LogP contribution in [0.1, 0.15) is 12.8 Å². The average molecular weight is 305 g/mol. The number of hydrogen-bond donors (Lipinski definition) is 2. The van der Waals surface area contributed by atoms with Gasteiger partial charge < -0.3 is 15.4 Å². The molecule has 1 aromatic carbocycles. The predicted octanol–water partition coefficient (Wildman–Crippen LogP) is 2.01. The Balaban J connectivity index is 0.00000180. The van der Waals surface area contributed by atoms with Crippen LogP contribution in [0.5, 0.6) is 5.75 Å². The Morgan fingerprint density at radius 3 is 2.74 bits per heavy atom. The lowest BCUT2D eigenvalue weighted by Gasteiger charge is -2.23. The van der Waals surface area contributed by atoms with Crippen LogP contribution in [-0.4, -0.2) is 31.6 Å². The van der Waals surface area contributed by atoms with Crippen LogP contribution in [0.3, 0.4) is 0 Å². The van der Waals surface area contributed by atoms with E-state index in [1.54, 1.807) is 12.1 Å². The number of hydrogen-bond acceptors (Lipinski definition) is 3. The van der Waals surface area contributed by atoms with Crippen molar-refractivity contribution >= 4 is 29.9 Å². The topological polar surface area (TPSA) is 50.4 Å². The van der Waals surface area contributed by atoms with E-state index >= 15 is 0 Å². The van der Waals surface area contributed by atoms with Crippen molar-refractivity contribution in [1.29, 1.82) is 0 Å². The van der Waals surface area contributed by atoms with E-state index in [0.717, 1.165) is 25.9 Å². The van der Waals surface area contributed by atoms with Crippen LogP contribution in [0.4, 0.5) is 0 Å². The predicted molar refractivity (Wildman–Crippen MR) is 78.2 cm³/mol. The summed E-state index contributed by atoms with van der Waals surface area (Å²) in [6.07, 6.45) is 1.94. The van der Waals surface area contributed by atoms with Crippen molar-refractivity contribution in [3.05, 3.63) is 29.3 Å². The molecular formula is C13H18Cl2N2O2. The molecule has 0 radical (unpaired) electrons. The van der Waals surface area contributed by atoms with Crippen LogP contribution in [0, 0.1) is 0 Å². The molecule has 2 rings (SSSR count). The van der Waals surface area contributed by atoms with Crippen molar-refractivity contribution in [1.82, 2.24) is 10.6 Å². The fourth-order valence-corrected chi connectivity index (χ4v) is 2.13. The van der Waals surface area contributed by atoms with Gasteiger partial charge in [-0.1, -0.05) is 23.7 Å². The van der Waals surface area contributed by atoms with Gasteiger partial charge in [0.15, 0.2) is 6.61 Å². The van der Waals surface area contributed by atoms with Gasteiger partial charge in [-0.05, 0) is 38.1 Å². The van der Waals surface area contributed by atoms with E-state index in [1.165, 1.54) is 0 Å². The molecule has 4 nitrogen and oxygen atoms in total. The lowest BCUT2D eigenvalue weighted by molar-refractivity contribution is -0.123. The molecule has 0 aliphatic carbocycles. The summed E-state index contributed by atoms with van der Waals surface area (Å²) < 4.78 is 5.38. The van der Waals surface area contributed by atoms with Gasteiger partial charge in [0.25, 0.3) is 5.91 Å². The molecule has 1 aromatic rings. The summed E-state index contributed by atoms with van der Waals surface area (Å²) in [7, 11) is 0. The van der Waals surface area contributed by atoms with Gasteiger partial charge in [0.1, 0.15) is 5.75 Å². The molecular weight excluding hydrogens is 287 g/mol. The summed E-state index contributed by atoms with van der Waals surface area (Å²) in [5.41, 5.74) is 0. The van der Waals surface area contributed by atoms with E-state index in [2.05, 4.69) is 10.6 Å². The minimum absolute atomic E-state index is 0. The molecule has 0 aromatic heterocycles. The van der Waals surface area contributed by atoms with Crippen LogP contribution in [0.15, 0.2) is 24.3 Å². The van der Waals surface area contributed by atoms with Crippen LogP contribution in [0.2, 0.25) is 5.02 Å². The fourth-order valence-electron chi connectivity index (χ4n) is 1.94. The summed E-state index contributed by atoms with van der Waals surface area (Å²) in [5, 5.41) is 6.74. The zero-order valence-corrected chi connectivity index (χ0v) is 12.1. The molecule has 0 atom stereocenters. The van der Waals surface area contributed by atoms with Crippen molar-refractivity contribution < 1.29 is 9.53 Å². The van der Waals surface area contributed by atoms with Gasteiger partial charge in [0.2, 0.25) is 0 Å². The molecule has 6 heteroatoms. The number of rotatable bonds is 4. The highest BCUT2D eigenvalue weighted by Crippen LogP contribution is 2.22. The van der Waals surface area contributed by atoms with Crippen LogP contribution < -0.4 is 15.4 Å². The van der Waals surface area contributed by atoms with Gasteiger partial charge in [-0.3, -0.25) is 4.79 Å². The number of carbonyl (C=O) groups excluding carboxylic acids is 1. The smallest absolute Gasteiger partial charge is 0.258 e. The molecule has 0 saturated carbocycles. The fraction of sp³-hybridized carbons (Fsp3) is 0.462. The van der Waals surface area contributed by atoms with E-state index in [-0.39, 0.29) is 31.0 Å². The van der Waals surface area contributed by atoms with Crippen molar-refractivity contribution in [2.45, 2.75) is 18.9 Å². The highest BCUT2D eigenvalue weighted by Gasteiger charge is 2.15. The van der Waals surface area contributed by atoms with Gasteiger partial charge >= 0.3 is 0 Å². The third-order valence-electron chi connectivity index (χ3n) is 2.90. The molecule has 2 N–H and O–H groups in total. The van der Waals surface area contributed by atoms with Crippen LogP contribution in [0.25, 0.3) is 0 Å². The molecule has 0 spiro atoms. The van der Waals surface area contributed by atoms with Crippen molar-refractivity contribution in [3.63, 3.8) is 0 Å². The van der Waals surface area contributed by atoms with Crippen molar-refractivity contribution in [3.8, 4) is 5.75 Å². The standard InChI is InChI=1S/C13H17ClN2O2.ClH/c14-11-3-1-2-4-12(11)18-9-13(17)16-10-5-7-15-8-6-10;/h1-4,10,15H,5-9H2,(H,16,17);1H. The number of amides is 1. The first-order valence-corrected chi connectivity index (χ1v) is 6.51. The number of para-hydroxylation sites is 1. The quantitative estimate of drug-likeness (QED) is 0.894. The molecule has 0 unspecified atom stereocenters. The lowest BCUT2D eigenvalue weighted by atomic mass is 10.1. The molecule has 19 heavy (non-hydrogen) atoms. The SMILES string of the molecule is Cl.O=C(COc1ccccc1Cl)NC1CCNCC1. The third-order valence-corrected chi connectivity index (χ3v) is 3.21. The van der Waals surface area contributed by atoms with Crippen molar-refractivity contribution in [2.75, 3.05) is 19.7 Å². The maximum atomic E-state index is 11.7. The molecule has 1 heterocycles. The van der Waals surface area contributed by atoms with Gasteiger partial charge in [-0.2, -0.15) is 0 Å². The maximum absolute atomic E-state index is 11.7. The molecule has 1 fully saturated rings. The minimum Gasteiger partial charge on any atom is -0.482 e. The van der Waals surface area contributed by atoms with E-state index in [1.807, 2.05) is 12.1 Å². The van der Waals surface area contributed by atoms with Crippen molar-refractivity contribution in [2.24, 2.45) is 0 Å². The first-order valence-electron chi connectivity index (χ1n) is 6.13. The molecule has 0 bridgehead atoms. The minimum atomic E-state index is -0.0955. The summed E-state index contributed by atoms with van der Waals surface area (Å²) in [6, 6.07) is 7.39. The highest BCUT2D eigenvalue weighted by atomic mass is 35.5. The summed E-state index contributed by atoms with van der Waals surface area (Å²) in [4.78, 5) is 11.7. The first-order chi connectivity index (χ1) is 8.75. The number of piperidine rings is 1. The lowest BCUT2D eigenvalue weighted by Crippen LogP contribution is -2.44. The van der Waals surface area contributed by atoms with Crippen LogP contribution in [-0.2, 0) is 4.79 Å². The molecule has 1 amide bonds. The highest BCUT2D eigenvalue weighted by molar-refractivity contribution is 6.32. The van der Waals surface area contributed by atoms with E-state index in [9.17, 15) is 4.79 Å². The average Bonchev–Trinajstić information content (AvgIpc) is 2.39. The largest absolute Gasteiger partial charge is 0.482 e. The molecule has 1 saturated heterocycles. The Morgan fingerprint density at radius 2 is 2.05 bits per heavy atom. The van der Waals surface area contributed by atoms with E-state index < -0.39 is 0 Å². The Labute approximate surface area is 124 Å². The second kappa shape index (κ2) is 8.25. The third kappa shape index (κ3) is 5.27. The van der Waals surface area contributed by atoms with Gasteiger partial charge in [0.05, 0.1) is 5.02 Å². The second-order valence-corrected chi connectivity index (χ2v) is 4.72. The summed E-state index contributed by atoms with van der Waals surface area (Å²) in [6.45, 7) is 1.92. The van der Waals surface area contributed by atoms with Gasteiger partial charge in [-0.15, -0.1) is 12.4 Å².